The monoisotopic (exact) mass is 555 g/mol. The normalized spacial score (nSPS) is 31.6. The van der Waals surface area contributed by atoms with Crippen molar-refractivity contribution in [3.63, 3.8) is 0 Å². The Morgan fingerprint density at radius 3 is 2.69 bits per heavy atom. The van der Waals surface area contributed by atoms with Gasteiger partial charge < -0.3 is 25.8 Å². The third kappa shape index (κ3) is 3.36. The molecule has 1 aromatic carbocycles. The Bertz CT molecular complexity index is 1040. The average molecular weight is 555 g/mol. The van der Waals surface area contributed by atoms with Gasteiger partial charge in [0.05, 0.1) is 18.3 Å². The van der Waals surface area contributed by atoms with Gasteiger partial charge in [-0.25, -0.2) is 0 Å². The van der Waals surface area contributed by atoms with E-state index in [9.17, 15) is 29.7 Å². The molecule has 8 nitrogen and oxygen atoms in total. The average Bonchev–Trinajstić information content (AvgIpc) is 2.72. The minimum absolute atomic E-state index is 0.0217. The van der Waals surface area contributed by atoms with Crippen LogP contribution in [0.1, 0.15) is 48.5 Å². The fourth-order valence-electron chi connectivity index (χ4n) is 5.32. The molecular weight excluding hydrogens is 529 g/mol. The molecule has 0 heterocycles. The first-order chi connectivity index (χ1) is 15.1. The molecule has 32 heavy (non-hydrogen) atoms. The van der Waals surface area contributed by atoms with Crippen LogP contribution in [-0.4, -0.2) is 51.1 Å². The number of primary amides is 1. The summed E-state index contributed by atoms with van der Waals surface area (Å²) in [6.07, 6.45) is 0.967. The highest BCUT2D eigenvalue weighted by atomic mass is 127. The molecule has 1 saturated carbocycles. The topological polar surface area (TPSA) is 147 Å². The summed E-state index contributed by atoms with van der Waals surface area (Å²) >= 11 is 2.16. The number of carbonyl (C=O) groups is 3. The fourth-order valence-corrected chi connectivity index (χ4v) is 5.99. The summed E-state index contributed by atoms with van der Waals surface area (Å²) in [5, 5.41) is 32.7. The van der Waals surface area contributed by atoms with Gasteiger partial charge in [-0.3, -0.25) is 14.4 Å². The van der Waals surface area contributed by atoms with Crippen LogP contribution in [0, 0.1) is 21.3 Å². The van der Waals surface area contributed by atoms with E-state index in [0.717, 1.165) is 22.0 Å². The summed E-state index contributed by atoms with van der Waals surface area (Å²) in [4.78, 5) is 38.4. The van der Waals surface area contributed by atoms with Crippen LogP contribution in [0.15, 0.2) is 23.5 Å². The number of hydrogen-bond donors (Lipinski definition) is 4. The maximum Gasteiger partial charge on any atom is 0.230 e. The molecule has 1 fully saturated rings. The Labute approximate surface area is 199 Å². The molecule has 3 aliphatic carbocycles. The van der Waals surface area contributed by atoms with Crippen LogP contribution in [-0.2, 0) is 16.0 Å². The lowest BCUT2D eigenvalue weighted by molar-refractivity contribution is -0.167. The Morgan fingerprint density at radius 2 is 2.03 bits per heavy atom. The Balaban J connectivity index is 1.82. The first-order valence-electron chi connectivity index (χ1n) is 10.8. The molecule has 5 N–H and O–H groups in total. The minimum atomic E-state index is -2.43. The van der Waals surface area contributed by atoms with Gasteiger partial charge in [0, 0.05) is 15.1 Å². The molecule has 0 bridgehead atoms. The SMILES string of the molecule is CCCCOc1ccc(I)c2c1C(=O)C1=C(O)[C@]3(O)C(=O)C(C(N)=O)C(O)C[C@@H]3C[C@@H]1C2. The van der Waals surface area contributed by atoms with Gasteiger partial charge in [0.1, 0.15) is 17.4 Å². The molecule has 0 radical (unpaired) electrons. The number of hydrogen-bond acceptors (Lipinski definition) is 7. The zero-order chi connectivity index (χ0) is 23.4. The number of Topliss-reactive ketones (excluding diaryl/α,β-unsaturated/α-hetero) is 2. The standard InChI is InChI=1S/C23H26INO7/c1-2-3-6-32-15-5-4-13(24)12-8-10-7-11-9-14(26)18(22(25)30)21(29)23(11,31)20(28)16(10)19(27)17(12)15/h4-5,10-11,14,18,26,28,31H,2-3,6-9H2,1H3,(H2,25,30)/t10-,11+,14?,18?,23+/m1/s1. The quantitative estimate of drug-likeness (QED) is 0.246. The van der Waals surface area contributed by atoms with Crippen LogP contribution in [0.5, 0.6) is 5.75 Å². The Hall–Kier alpha value is -1.98. The highest BCUT2D eigenvalue weighted by molar-refractivity contribution is 14.1. The first-order valence-corrected chi connectivity index (χ1v) is 11.9. The summed E-state index contributed by atoms with van der Waals surface area (Å²) in [6.45, 7) is 2.47. The van der Waals surface area contributed by atoms with Crippen molar-refractivity contribution in [3.05, 3.63) is 38.2 Å². The summed E-state index contributed by atoms with van der Waals surface area (Å²) in [5.41, 5.74) is 3.98. The number of aliphatic hydroxyl groups is 3. The van der Waals surface area contributed by atoms with E-state index in [1.165, 1.54) is 0 Å². The summed E-state index contributed by atoms with van der Waals surface area (Å²) < 4.78 is 6.74. The molecule has 1 aromatic rings. The zero-order valence-electron chi connectivity index (χ0n) is 17.6. The molecule has 0 spiro atoms. The number of allylic oxidation sites excluding steroid dienone is 1. The summed E-state index contributed by atoms with van der Waals surface area (Å²) in [7, 11) is 0. The van der Waals surface area contributed by atoms with Gasteiger partial charge in [-0.2, -0.15) is 0 Å². The van der Waals surface area contributed by atoms with Crippen LogP contribution < -0.4 is 10.5 Å². The first kappa shape index (κ1) is 23.2. The zero-order valence-corrected chi connectivity index (χ0v) is 19.8. The maximum atomic E-state index is 13.6. The molecule has 0 aliphatic heterocycles. The lowest BCUT2D eigenvalue weighted by Crippen LogP contribution is -2.63. The molecule has 4 rings (SSSR count). The number of benzene rings is 1. The van der Waals surface area contributed by atoms with Crippen LogP contribution in [0.2, 0.25) is 0 Å². The molecule has 5 atom stereocenters. The second kappa shape index (κ2) is 8.42. The number of carbonyl (C=O) groups excluding carboxylic acids is 3. The number of ether oxygens (including phenoxy) is 1. The minimum Gasteiger partial charge on any atom is -0.508 e. The Morgan fingerprint density at radius 1 is 1.31 bits per heavy atom. The van der Waals surface area contributed by atoms with Gasteiger partial charge in [-0.05, 0) is 71.9 Å². The number of nitrogens with two attached hydrogens (primary N) is 1. The molecule has 3 aliphatic rings. The van der Waals surface area contributed by atoms with Crippen LogP contribution >= 0.6 is 22.6 Å². The van der Waals surface area contributed by atoms with Crippen LogP contribution in [0.25, 0.3) is 0 Å². The predicted octanol–water partition coefficient (Wildman–Crippen LogP) is 1.82. The van der Waals surface area contributed by atoms with Crippen molar-refractivity contribution in [3.8, 4) is 5.75 Å². The van der Waals surface area contributed by atoms with Crippen molar-refractivity contribution in [2.45, 2.75) is 50.7 Å². The van der Waals surface area contributed by atoms with Crippen molar-refractivity contribution in [2.75, 3.05) is 6.61 Å². The van der Waals surface area contributed by atoms with Crippen molar-refractivity contribution < 1.29 is 34.4 Å². The van der Waals surface area contributed by atoms with E-state index in [0.29, 0.717) is 24.3 Å². The van der Waals surface area contributed by atoms with Gasteiger partial charge in [-0.15, -0.1) is 0 Å². The van der Waals surface area contributed by atoms with Gasteiger partial charge in [0.2, 0.25) is 5.91 Å². The lowest BCUT2D eigenvalue weighted by atomic mass is 9.58. The molecule has 2 unspecified atom stereocenters. The van der Waals surface area contributed by atoms with Crippen LogP contribution in [0.4, 0.5) is 0 Å². The second-order valence-corrected chi connectivity index (χ2v) is 10.0. The van der Waals surface area contributed by atoms with E-state index in [1.54, 1.807) is 6.07 Å². The number of amides is 1. The van der Waals surface area contributed by atoms with Gasteiger partial charge in [0.25, 0.3) is 0 Å². The van der Waals surface area contributed by atoms with Gasteiger partial charge in [-0.1, -0.05) is 13.3 Å². The molecular formula is C23H26INO7. The fraction of sp³-hybridized carbons (Fsp3) is 0.522. The van der Waals surface area contributed by atoms with Crippen LogP contribution in [0.3, 0.4) is 0 Å². The van der Waals surface area contributed by atoms with Crippen molar-refractivity contribution >= 4 is 40.1 Å². The smallest absolute Gasteiger partial charge is 0.230 e. The van der Waals surface area contributed by atoms with E-state index in [2.05, 4.69) is 22.6 Å². The second-order valence-electron chi connectivity index (χ2n) is 8.84. The lowest BCUT2D eigenvalue weighted by Gasteiger charge is -2.48. The van der Waals surface area contributed by atoms with E-state index >= 15 is 0 Å². The number of rotatable bonds is 5. The summed E-state index contributed by atoms with van der Waals surface area (Å²) in [6, 6.07) is 3.60. The number of unbranched alkanes of at least 4 members (excludes halogenated alkanes) is 1. The number of halogens is 1. The largest absolute Gasteiger partial charge is 0.508 e. The molecule has 1 amide bonds. The molecule has 0 aromatic heterocycles. The predicted molar refractivity (Wildman–Crippen MR) is 122 cm³/mol. The van der Waals surface area contributed by atoms with E-state index < -0.39 is 52.7 Å². The third-order valence-electron chi connectivity index (χ3n) is 6.95. The summed E-state index contributed by atoms with van der Waals surface area (Å²) in [5.74, 6) is -5.83. The van der Waals surface area contributed by atoms with E-state index in [-0.39, 0.29) is 18.4 Å². The number of ketones is 2. The number of fused-ring (bicyclic) bond motifs is 3. The highest BCUT2D eigenvalue weighted by Gasteiger charge is 2.62. The Kier molecular flexibility index (Phi) is 6.10. The van der Waals surface area contributed by atoms with E-state index in [1.807, 2.05) is 13.0 Å². The van der Waals surface area contributed by atoms with Gasteiger partial charge in [0.15, 0.2) is 17.2 Å². The molecule has 0 saturated heterocycles. The van der Waals surface area contributed by atoms with Crippen molar-refractivity contribution in [1.29, 1.82) is 0 Å². The van der Waals surface area contributed by atoms with Crippen molar-refractivity contribution in [2.24, 2.45) is 23.5 Å². The molecule has 9 heteroatoms. The van der Waals surface area contributed by atoms with E-state index in [4.69, 9.17) is 10.5 Å². The maximum absolute atomic E-state index is 13.6. The number of aliphatic hydroxyl groups excluding tert-OH is 2. The third-order valence-corrected chi connectivity index (χ3v) is 7.97. The molecule has 172 valence electrons. The van der Waals surface area contributed by atoms with Crippen molar-refractivity contribution in [1.82, 2.24) is 0 Å². The highest BCUT2D eigenvalue weighted by Crippen LogP contribution is 2.52. The van der Waals surface area contributed by atoms with Gasteiger partial charge >= 0.3 is 0 Å².